The standard InChI is InChI=1S/C11H20BNO2.ClH/c1-10(2)11(3,4)15-12(14-10)7-9-5-6-13-8-9;/h7,13H,5-6,8H2,1-4H3;1H/b9-7-;. The molecule has 2 saturated heterocycles. The molecule has 0 unspecified atom stereocenters. The molecule has 2 fully saturated rings. The fourth-order valence-corrected chi connectivity index (χ4v) is 1.88. The molecular weight excluding hydrogens is 224 g/mol. The van der Waals surface area contributed by atoms with Gasteiger partial charge in [-0.25, -0.2) is 0 Å². The van der Waals surface area contributed by atoms with Gasteiger partial charge in [0.25, 0.3) is 0 Å². The second-order valence-electron chi connectivity index (χ2n) is 5.38. The van der Waals surface area contributed by atoms with E-state index in [1.165, 1.54) is 5.57 Å². The SMILES string of the molecule is CC1(C)OB(/C=C2/CCNC2)OC1(C)C.Cl. The zero-order valence-electron chi connectivity index (χ0n) is 10.5. The third kappa shape index (κ3) is 2.62. The highest BCUT2D eigenvalue weighted by Crippen LogP contribution is 2.37. The summed E-state index contributed by atoms with van der Waals surface area (Å²) in [5, 5.41) is 3.31. The van der Waals surface area contributed by atoms with Crippen molar-refractivity contribution in [2.75, 3.05) is 13.1 Å². The molecule has 0 spiro atoms. The van der Waals surface area contributed by atoms with E-state index in [1.807, 2.05) is 0 Å². The van der Waals surface area contributed by atoms with Crippen LogP contribution in [0.4, 0.5) is 0 Å². The number of halogens is 1. The van der Waals surface area contributed by atoms with Crippen LogP contribution in [0.1, 0.15) is 34.1 Å². The normalized spacial score (nSPS) is 29.5. The first-order valence-electron chi connectivity index (χ1n) is 5.67. The van der Waals surface area contributed by atoms with Crippen LogP contribution in [0.2, 0.25) is 0 Å². The van der Waals surface area contributed by atoms with Gasteiger partial charge in [-0.05, 0) is 40.7 Å². The van der Waals surface area contributed by atoms with E-state index in [4.69, 9.17) is 9.31 Å². The Kier molecular flexibility index (Phi) is 4.11. The van der Waals surface area contributed by atoms with Crippen molar-refractivity contribution < 1.29 is 9.31 Å². The van der Waals surface area contributed by atoms with Gasteiger partial charge in [-0.15, -0.1) is 12.4 Å². The highest BCUT2D eigenvalue weighted by atomic mass is 35.5. The third-order valence-corrected chi connectivity index (χ3v) is 3.62. The quantitative estimate of drug-likeness (QED) is 0.717. The van der Waals surface area contributed by atoms with Crippen LogP contribution >= 0.6 is 12.4 Å². The maximum atomic E-state index is 5.90. The van der Waals surface area contributed by atoms with Gasteiger partial charge in [-0.3, -0.25) is 0 Å². The maximum Gasteiger partial charge on any atom is 0.487 e. The molecule has 0 amide bonds. The van der Waals surface area contributed by atoms with Crippen molar-refractivity contribution in [1.29, 1.82) is 0 Å². The average Bonchev–Trinajstić information content (AvgIpc) is 2.59. The van der Waals surface area contributed by atoms with Gasteiger partial charge < -0.3 is 14.6 Å². The summed E-state index contributed by atoms with van der Waals surface area (Å²) in [7, 11) is -0.176. The molecule has 2 aliphatic heterocycles. The zero-order valence-corrected chi connectivity index (χ0v) is 11.3. The van der Waals surface area contributed by atoms with Gasteiger partial charge in [-0.1, -0.05) is 11.5 Å². The molecule has 92 valence electrons. The molecular formula is C11H21BClNO2. The molecule has 5 heteroatoms. The summed E-state index contributed by atoms with van der Waals surface area (Å²) in [6.07, 6.45) is 1.12. The van der Waals surface area contributed by atoms with Crippen LogP contribution in [0.15, 0.2) is 11.5 Å². The number of nitrogens with one attached hydrogen (secondary N) is 1. The van der Waals surface area contributed by atoms with E-state index in [9.17, 15) is 0 Å². The number of hydrogen-bond donors (Lipinski definition) is 1. The highest BCUT2D eigenvalue weighted by Gasteiger charge is 2.50. The smallest absolute Gasteiger partial charge is 0.400 e. The van der Waals surface area contributed by atoms with Crippen LogP contribution in [-0.2, 0) is 9.31 Å². The van der Waals surface area contributed by atoms with E-state index in [0.717, 1.165) is 19.5 Å². The molecule has 0 atom stereocenters. The monoisotopic (exact) mass is 245 g/mol. The molecule has 0 aromatic carbocycles. The van der Waals surface area contributed by atoms with Gasteiger partial charge >= 0.3 is 7.12 Å². The second-order valence-corrected chi connectivity index (χ2v) is 5.38. The molecule has 0 bridgehead atoms. The fraction of sp³-hybridized carbons (Fsp3) is 0.818. The molecule has 0 aliphatic carbocycles. The molecule has 0 saturated carbocycles. The van der Waals surface area contributed by atoms with E-state index in [0.29, 0.717) is 0 Å². The Morgan fingerprint density at radius 1 is 1.19 bits per heavy atom. The van der Waals surface area contributed by atoms with Crippen molar-refractivity contribution in [3.63, 3.8) is 0 Å². The summed E-state index contributed by atoms with van der Waals surface area (Å²) < 4.78 is 11.8. The van der Waals surface area contributed by atoms with Crippen molar-refractivity contribution >= 4 is 19.5 Å². The minimum atomic E-state index is -0.221. The number of hydrogen-bond acceptors (Lipinski definition) is 3. The van der Waals surface area contributed by atoms with E-state index < -0.39 is 0 Å². The summed E-state index contributed by atoms with van der Waals surface area (Å²) in [5.41, 5.74) is 0.954. The van der Waals surface area contributed by atoms with E-state index in [1.54, 1.807) is 0 Å². The van der Waals surface area contributed by atoms with Crippen LogP contribution in [-0.4, -0.2) is 31.4 Å². The Morgan fingerprint density at radius 3 is 2.19 bits per heavy atom. The summed E-state index contributed by atoms with van der Waals surface area (Å²) in [6, 6.07) is 0. The van der Waals surface area contributed by atoms with Gasteiger partial charge in [-0.2, -0.15) is 0 Å². The predicted octanol–water partition coefficient (Wildman–Crippen LogP) is 1.96. The molecule has 2 rings (SSSR count). The first-order valence-corrected chi connectivity index (χ1v) is 5.67. The van der Waals surface area contributed by atoms with Crippen LogP contribution < -0.4 is 5.32 Å². The first kappa shape index (κ1) is 14.0. The zero-order chi connectivity index (χ0) is 11.1. The van der Waals surface area contributed by atoms with E-state index in [2.05, 4.69) is 39.0 Å². The summed E-state index contributed by atoms with van der Waals surface area (Å²) in [6.45, 7) is 10.4. The molecule has 0 radical (unpaired) electrons. The lowest BCUT2D eigenvalue weighted by molar-refractivity contribution is 0.00578. The van der Waals surface area contributed by atoms with Gasteiger partial charge in [0.2, 0.25) is 0 Å². The lowest BCUT2D eigenvalue weighted by Gasteiger charge is -2.32. The Bertz CT molecular complexity index is 268. The van der Waals surface area contributed by atoms with Crippen molar-refractivity contribution in [2.24, 2.45) is 0 Å². The Labute approximate surface area is 105 Å². The van der Waals surface area contributed by atoms with Crippen LogP contribution in [0, 0.1) is 0 Å². The predicted molar refractivity (Wildman–Crippen MR) is 68.9 cm³/mol. The number of rotatable bonds is 1. The summed E-state index contributed by atoms with van der Waals surface area (Å²) in [5.74, 6) is 2.12. The van der Waals surface area contributed by atoms with Crippen LogP contribution in [0.5, 0.6) is 0 Å². The van der Waals surface area contributed by atoms with Gasteiger partial charge in [0.05, 0.1) is 11.2 Å². The lowest BCUT2D eigenvalue weighted by Crippen LogP contribution is -2.41. The van der Waals surface area contributed by atoms with Gasteiger partial charge in [0.1, 0.15) is 0 Å². The molecule has 2 aliphatic rings. The largest absolute Gasteiger partial charge is 0.487 e. The van der Waals surface area contributed by atoms with Gasteiger partial charge in [0, 0.05) is 6.54 Å². The lowest BCUT2D eigenvalue weighted by atomic mass is 9.87. The van der Waals surface area contributed by atoms with Crippen molar-refractivity contribution in [2.45, 2.75) is 45.3 Å². The first-order chi connectivity index (χ1) is 6.91. The topological polar surface area (TPSA) is 30.5 Å². The average molecular weight is 246 g/mol. The molecule has 0 aromatic heterocycles. The fourth-order valence-electron chi connectivity index (χ4n) is 1.88. The van der Waals surface area contributed by atoms with Crippen molar-refractivity contribution in [1.82, 2.24) is 5.32 Å². The highest BCUT2D eigenvalue weighted by molar-refractivity contribution is 6.51. The Hall–Kier alpha value is -0.0251. The molecule has 1 N–H and O–H groups in total. The Morgan fingerprint density at radius 2 is 1.75 bits per heavy atom. The maximum absolute atomic E-state index is 5.90. The van der Waals surface area contributed by atoms with Crippen molar-refractivity contribution in [3.8, 4) is 0 Å². The van der Waals surface area contributed by atoms with Gasteiger partial charge in [0.15, 0.2) is 0 Å². The molecule has 16 heavy (non-hydrogen) atoms. The second kappa shape index (κ2) is 4.69. The van der Waals surface area contributed by atoms with E-state index >= 15 is 0 Å². The third-order valence-electron chi connectivity index (χ3n) is 3.62. The van der Waals surface area contributed by atoms with Crippen molar-refractivity contribution in [3.05, 3.63) is 11.5 Å². The van der Waals surface area contributed by atoms with E-state index in [-0.39, 0.29) is 30.7 Å². The molecule has 3 nitrogen and oxygen atoms in total. The summed E-state index contributed by atoms with van der Waals surface area (Å²) >= 11 is 0. The minimum Gasteiger partial charge on any atom is -0.400 e. The molecule has 0 aromatic rings. The Balaban J connectivity index is 0.00000128. The minimum absolute atomic E-state index is 0. The summed E-state index contributed by atoms with van der Waals surface area (Å²) in [4.78, 5) is 0. The van der Waals surface area contributed by atoms with Crippen LogP contribution in [0.25, 0.3) is 0 Å². The van der Waals surface area contributed by atoms with Crippen LogP contribution in [0.3, 0.4) is 0 Å². The molecule has 2 heterocycles.